The first-order valence-electron chi connectivity index (χ1n) is 11.1. The zero-order valence-corrected chi connectivity index (χ0v) is 17.9. The van der Waals surface area contributed by atoms with Crippen molar-refractivity contribution in [1.29, 1.82) is 0 Å². The fraction of sp³-hybridized carbons (Fsp3) is 0.455. The Hall–Kier alpha value is -3.70. The number of imide groups is 1. The first kappa shape index (κ1) is 20.9. The van der Waals surface area contributed by atoms with Crippen LogP contribution in [0.3, 0.4) is 0 Å². The summed E-state index contributed by atoms with van der Waals surface area (Å²) in [4.78, 5) is 52.2. The van der Waals surface area contributed by atoms with Crippen LogP contribution in [-0.4, -0.2) is 73.0 Å². The summed E-state index contributed by atoms with van der Waals surface area (Å²) >= 11 is 0. The number of carbonyl (C=O) groups excluding carboxylic acids is 4. The molecule has 1 atom stereocenters. The summed E-state index contributed by atoms with van der Waals surface area (Å²) in [6, 6.07) is 4.32. The van der Waals surface area contributed by atoms with Crippen molar-refractivity contribution in [2.24, 2.45) is 5.92 Å². The number of fused-ring (bicyclic) bond motifs is 2. The Labute approximate surface area is 191 Å². The van der Waals surface area contributed by atoms with Crippen LogP contribution in [0.4, 0.5) is 8.78 Å². The lowest BCUT2D eigenvalue weighted by Gasteiger charge is -2.40. The van der Waals surface area contributed by atoms with E-state index >= 15 is 0 Å². The third-order valence-electron chi connectivity index (χ3n) is 7.40. The zero-order valence-electron chi connectivity index (χ0n) is 17.9. The Morgan fingerprint density at radius 1 is 1.21 bits per heavy atom. The molecule has 10 nitrogen and oxygen atoms in total. The number of hydrogen-bond donors (Lipinski definition) is 1. The van der Waals surface area contributed by atoms with Crippen molar-refractivity contribution in [3.05, 3.63) is 41.2 Å². The fourth-order valence-corrected chi connectivity index (χ4v) is 5.62. The molecule has 1 N–H and O–H groups in total. The van der Waals surface area contributed by atoms with Crippen LogP contribution in [-0.2, 0) is 16.1 Å². The highest BCUT2D eigenvalue weighted by Crippen LogP contribution is 2.54. The molecule has 1 unspecified atom stereocenters. The van der Waals surface area contributed by atoms with E-state index in [1.54, 1.807) is 18.2 Å². The van der Waals surface area contributed by atoms with Gasteiger partial charge in [-0.15, -0.1) is 5.10 Å². The summed E-state index contributed by atoms with van der Waals surface area (Å²) < 4.78 is 28.6. The van der Waals surface area contributed by atoms with Crippen molar-refractivity contribution in [2.45, 2.75) is 50.2 Å². The van der Waals surface area contributed by atoms with Crippen LogP contribution in [0, 0.1) is 5.92 Å². The maximum atomic E-state index is 13.6. The van der Waals surface area contributed by atoms with E-state index in [0.29, 0.717) is 30.6 Å². The molecule has 5 aliphatic rings. The second kappa shape index (κ2) is 7.15. The van der Waals surface area contributed by atoms with Crippen LogP contribution in [0.25, 0.3) is 5.69 Å². The number of nitrogens with one attached hydrogen (secondary N) is 1. The minimum Gasteiger partial charge on any atom is -0.325 e. The van der Waals surface area contributed by atoms with E-state index in [4.69, 9.17) is 0 Å². The van der Waals surface area contributed by atoms with E-state index in [9.17, 15) is 28.0 Å². The van der Waals surface area contributed by atoms with Crippen LogP contribution in [0.5, 0.6) is 0 Å². The number of hydrogen-bond acceptors (Lipinski definition) is 6. The van der Waals surface area contributed by atoms with Gasteiger partial charge in [0.05, 0.1) is 11.9 Å². The quantitative estimate of drug-likeness (QED) is 0.664. The average Bonchev–Trinajstić information content (AvgIpc) is 3.55. The molecule has 1 saturated carbocycles. The summed E-state index contributed by atoms with van der Waals surface area (Å²) in [5, 5.41) is 10.1. The molecule has 2 aromatic rings. The van der Waals surface area contributed by atoms with Gasteiger partial charge < -0.3 is 9.80 Å². The second-order valence-electron chi connectivity index (χ2n) is 9.38. The van der Waals surface area contributed by atoms with Crippen molar-refractivity contribution in [1.82, 2.24) is 30.1 Å². The van der Waals surface area contributed by atoms with Crippen LogP contribution >= 0.6 is 0 Å². The van der Waals surface area contributed by atoms with Crippen molar-refractivity contribution in [2.75, 3.05) is 6.54 Å². The number of piperidine rings is 1. The maximum absolute atomic E-state index is 13.6. The number of nitrogens with zero attached hydrogens (tertiary/aromatic N) is 5. The number of carbonyl (C=O) groups is 4. The fourth-order valence-electron chi connectivity index (χ4n) is 5.62. The van der Waals surface area contributed by atoms with E-state index in [1.807, 2.05) is 0 Å². The van der Waals surface area contributed by atoms with Gasteiger partial charge in [-0.1, -0.05) is 11.3 Å². The average molecular weight is 470 g/mol. The molecular formula is C22H20F2N6O4. The van der Waals surface area contributed by atoms with Gasteiger partial charge in [0.1, 0.15) is 11.6 Å². The Morgan fingerprint density at radius 3 is 2.74 bits per heavy atom. The topological polar surface area (TPSA) is 118 Å². The number of rotatable bonds is 4. The number of aromatic nitrogens is 3. The highest BCUT2D eigenvalue weighted by atomic mass is 19.3. The van der Waals surface area contributed by atoms with Crippen LogP contribution < -0.4 is 5.32 Å². The third kappa shape index (κ3) is 2.90. The van der Waals surface area contributed by atoms with Crippen molar-refractivity contribution in [3.63, 3.8) is 0 Å². The van der Waals surface area contributed by atoms with Gasteiger partial charge in [-0.2, -0.15) is 0 Å². The molecule has 1 aliphatic carbocycles. The first-order valence-corrected chi connectivity index (χ1v) is 11.1. The van der Waals surface area contributed by atoms with Crippen molar-refractivity contribution >= 4 is 23.6 Å². The Balaban J connectivity index is 1.23. The standard InChI is InChI=1S/C22H20F2N6O4/c23-21(24)22-6-11(7-22)8-29(22)20(34)15-10-30(27-26-15)13-2-1-12-9-28(19(33)14(12)5-13)16-3-4-17(31)25-18(16)32/h1-2,5,10-11,16,21H,3-4,6-9H2,(H,25,31,32). The van der Waals surface area contributed by atoms with E-state index in [2.05, 4.69) is 15.6 Å². The summed E-state index contributed by atoms with van der Waals surface area (Å²) in [5.74, 6) is -1.65. The smallest absolute Gasteiger partial charge is 0.276 e. The Bertz CT molecular complexity index is 1250. The molecule has 5 heterocycles. The van der Waals surface area contributed by atoms with Gasteiger partial charge in [0.15, 0.2) is 5.69 Å². The molecule has 176 valence electrons. The number of amides is 4. The molecule has 12 heteroatoms. The van der Waals surface area contributed by atoms with Gasteiger partial charge in [0, 0.05) is 25.1 Å². The van der Waals surface area contributed by atoms with Crippen LogP contribution in [0.2, 0.25) is 0 Å². The second-order valence-corrected chi connectivity index (χ2v) is 9.38. The van der Waals surface area contributed by atoms with Gasteiger partial charge >= 0.3 is 0 Å². The minimum absolute atomic E-state index is 0.0374. The first-order chi connectivity index (χ1) is 16.3. The number of halogens is 2. The molecule has 7 rings (SSSR count). The van der Waals surface area contributed by atoms with Gasteiger partial charge in [0.25, 0.3) is 18.2 Å². The Morgan fingerprint density at radius 2 is 2.00 bits per heavy atom. The van der Waals surface area contributed by atoms with Gasteiger partial charge in [-0.3, -0.25) is 24.5 Å². The van der Waals surface area contributed by atoms with Gasteiger partial charge in [-0.25, -0.2) is 13.5 Å². The molecule has 0 spiro atoms. The summed E-state index contributed by atoms with van der Waals surface area (Å²) in [6.07, 6.45) is -0.190. The summed E-state index contributed by atoms with van der Waals surface area (Å²) in [7, 11) is 0. The molecule has 4 fully saturated rings. The van der Waals surface area contributed by atoms with Crippen LogP contribution in [0.15, 0.2) is 24.4 Å². The minimum atomic E-state index is -2.61. The van der Waals surface area contributed by atoms with Crippen LogP contribution in [0.1, 0.15) is 52.1 Å². The molecule has 1 aromatic heterocycles. The van der Waals surface area contributed by atoms with E-state index in [-0.39, 0.29) is 42.8 Å². The number of benzene rings is 1. The largest absolute Gasteiger partial charge is 0.325 e. The molecule has 1 aromatic carbocycles. The summed E-state index contributed by atoms with van der Waals surface area (Å²) in [6.45, 7) is 0.535. The highest BCUT2D eigenvalue weighted by Gasteiger charge is 2.63. The normalized spacial score (nSPS) is 27.8. The van der Waals surface area contributed by atoms with Crippen molar-refractivity contribution in [3.8, 4) is 5.69 Å². The lowest BCUT2D eigenvalue weighted by molar-refractivity contribution is -0.136. The number of alkyl halides is 2. The molecule has 34 heavy (non-hydrogen) atoms. The SMILES string of the molecule is O=C1CCC(N2Cc3ccc(-n4cc(C(=O)N5CC6CC5(C(F)F)C6)nn4)cc3C2=O)C(=O)N1. The zero-order chi connectivity index (χ0) is 23.8. The highest BCUT2D eigenvalue weighted by molar-refractivity contribution is 6.05. The molecule has 2 bridgehead atoms. The van der Waals surface area contributed by atoms with Gasteiger partial charge in [-0.05, 0) is 42.9 Å². The summed E-state index contributed by atoms with van der Waals surface area (Å²) in [5.41, 5.74) is 0.154. The lowest BCUT2D eigenvalue weighted by atomic mass is 9.73. The molecular weight excluding hydrogens is 450 g/mol. The molecule has 4 amide bonds. The Kier molecular flexibility index (Phi) is 4.39. The molecule has 3 saturated heterocycles. The van der Waals surface area contributed by atoms with E-state index < -0.39 is 29.8 Å². The van der Waals surface area contributed by atoms with E-state index in [1.165, 1.54) is 20.7 Å². The third-order valence-corrected chi connectivity index (χ3v) is 7.40. The molecule has 0 radical (unpaired) electrons. The lowest BCUT2D eigenvalue weighted by Crippen LogP contribution is -2.54. The van der Waals surface area contributed by atoms with E-state index in [0.717, 1.165) is 5.56 Å². The van der Waals surface area contributed by atoms with Crippen molar-refractivity contribution < 1.29 is 28.0 Å². The predicted octanol–water partition coefficient (Wildman–Crippen LogP) is 0.898. The maximum Gasteiger partial charge on any atom is 0.276 e. The monoisotopic (exact) mass is 470 g/mol. The predicted molar refractivity (Wildman–Crippen MR) is 110 cm³/mol. The van der Waals surface area contributed by atoms with Gasteiger partial charge in [0.2, 0.25) is 11.8 Å². The molecule has 4 aliphatic heterocycles.